The second-order valence-corrected chi connectivity index (χ2v) is 6.92. The molecule has 0 N–H and O–H groups in total. The first kappa shape index (κ1) is 15.4. The van der Waals surface area contributed by atoms with Crippen LogP contribution in [0.15, 0.2) is 29.1 Å². The summed E-state index contributed by atoms with van der Waals surface area (Å²) in [7, 11) is 1.75. The van der Waals surface area contributed by atoms with Crippen molar-refractivity contribution in [3.63, 3.8) is 0 Å². The van der Waals surface area contributed by atoms with Gasteiger partial charge in [-0.3, -0.25) is 13.9 Å². The number of fused-ring (bicyclic) bond motifs is 1. The summed E-state index contributed by atoms with van der Waals surface area (Å²) in [5.74, 6) is 0.474. The third kappa shape index (κ3) is 2.75. The molecule has 4 rings (SSSR count). The molecule has 1 atom stereocenters. The van der Waals surface area contributed by atoms with Gasteiger partial charge in [0, 0.05) is 32.2 Å². The fourth-order valence-electron chi connectivity index (χ4n) is 3.59. The van der Waals surface area contributed by atoms with Gasteiger partial charge in [-0.25, -0.2) is 4.79 Å². The molecule has 128 valence electrons. The lowest BCUT2D eigenvalue weighted by molar-refractivity contribution is -0.133. The van der Waals surface area contributed by atoms with Crippen molar-refractivity contribution >= 4 is 16.9 Å². The first-order chi connectivity index (χ1) is 11.6. The molecule has 2 fully saturated rings. The molecule has 2 aliphatic rings. The largest absolute Gasteiger partial charge is 0.381 e. The number of carbonyl (C=O) groups excluding carboxylic acids is 1. The molecule has 1 aromatic heterocycles. The van der Waals surface area contributed by atoms with Crippen LogP contribution in [0.25, 0.3) is 11.0 Å². The third-order valence-electron chi connectivity index (χ3n) is 5.13. The van der Waals surface area contributed by atoms with Crippen molar-refractivity contribution in [3.8, 4) is 0 Å². The summed E-state index contributed by atoms with van der Waals surface area (Å²) in [6.07, 6.45) is 3.16. The molecule has 6 nitrogen and oxygen atoms in total. The van der Waals surface area contributed by atoms with Gasteiger partial charge < -0.3 is 9.64 Å². The van der Waals surface area contributed by atoms with Crippen LogP contribution in [0.1, 0.15) is 19.3 Å². The first-order valence-electron chi connectivity index (χ1n) is 8.66. The number of nitrogens with zero attached hydrogens (tertiary/aromatic N) is 3. The van der Waals surface area contributed by atoms with Crippen molar-refractivity contribution in [2.24, 2.45) is 13.0 Å². The Morgan fingerprint density at radius 1 is 1.25 bits per heavy atom. The minimum atomic E-state index is -0.135. The van der Waals surface area contributed by atoms with Gasteiger partial charge in [-0.1, -0.05) is 12.1 Å². The van der Waals surface area contributed by atoms with Gasteiger partial charge >= 0.3 is 5.69 Å². The van der Waals surface area contributed by atoms with Crippen LogP contribution in [-0.4, -0.2) is 45.7 Å². The van der Waals surface area contributed by atoms with Crippen LogP contribution >= 0.6 is 0 Å². The molecule has 24 heavy (non-hydrogen) atoms. The van der Waals surface area contributed by atoms with Gasteiger partial charge in [0.2, 0.25) is 5.91 Å². The standard InChI is InChI=1S/C18H23N3O3/c1-19-15-4-2-3-5-16(15)21(18(19)23)11-17(22)20(14-6-7-14)10-13-8-9-24-12-13/h2-5,13-14H,6-12H2,1H3/t13-/m1/s1. The Bertz CT molecular complexity index is 813. The van der Waals surface area contributed by atoms with E-state index in [0.717, 1.165) is 50.1 Å². The van der Waals surface area contributed by atoms with E-state index in [1.54, 1.807) is 16.2 Å². The van der Waals surface area contributed by atoms with Crippen LogP contribution in [0.3, 0.4) is 0 Å². The predicted molar refractivity (Wildman–Crippen MR) is 90.8 cm³/mol. The van der Waals surface area contributed by atoms with Crippen LogP contribution in [0.4, 0.5) is 0 Å². The molecule has 0 bridgehead atoms. The van der Waals surface area contributed by atoms with E-state index < -0.39 is 0 Å². The highest BCUT2D eigenvalue weighted by Gasteiger charge is 2.35. The number of aryl methyl sites for hydroxylation is 1. The van der Waals surface area contributed by atoms with Gasteiger partial charge in [-0.15, -0.1) is 0 Å². The van der Waals surface area contributed by atoms with Crippen LogP contribution in [0.2, 0.25) is 0 Å². The molecule has 2 aromatic rings. The molecular weight excluding hydrogens is 306 g/mol. The highest BCUT2D eigenvalue weighted by atomic mass is 16.5. The number of ether oxygens (including phenoxy) is 1. The molecule has 1 aliphatic heterocycles. The average Bonchev–Trinajstić information content (AvgIpc) is 3.25. The molecule has 6 heteroatoms. The normalized spacial score (nSPS) is 20.6. The van der Waals surface area contributed by atoms with Crippen LogP contribution in [0.5, 0.6) is 0 Å². The zero-order valence-electron chi connectivity index (χ0n) is 14.0. The van der Waals surface area contributed by atoms with Gasteiger partial charge in [0.05, 0.1) is 17.6 Å². The van der Waals surface area contributed by atoms with Gasteiger partial charge in [0.25, 0.3) is 0 Å². The number of rotatable bonds is 5. The van der Waals surface area contributed by atoms with Crippen LogP contribution in [-0.2, 0) is 23.1 Å². The van der Waals surface area contributed by atoms with Crippen LogP contribution in [0, 0.1) is 5.92 Å². The van der Waals surface area contributed by atoms with E-state index in [1.165, 1.54) is 0 Å². The van der Waals surface area contributed by atoms with Crippen LogP contribution < -0.4 is 5.69 Å². The first-order valence-corrected chi connectivity index (χ1v) is 8.66. The number of aromatic nitrogens is 2. The summed E-state index contributed by atoms with van der Waals surface area (Å²) >= 11 is 0. The van der Waals surface area contributed by atoms with E-state index in [-0.39, 0.29) is 18.1 Å². The second-order valence-electron chi connectivity index (χ2n) is 6.92. The third-order valence-corrected chi connectivity index (χ3v) is 5.13. The smallest absolute Gasteiger partial charge is 0.329 e. The molecule has 1 saturated heterocycles. The fraction of sp³-hybridized carbons (Fsp3) is 0.556. The van der Waals surface area contributed by atoms with Crippen molar-refractivity contribution in [1.82, 2.24) is 14.0 Å². The minimum Gasteiger partial charge on any atom is -0.381 e. The second kappa shape index (κ2) is 6.09. The Labute approximate surface area is 140 Å². The SMILES string of the molecule is Cn1c(=O)n(CC(=O)N(C[C@H]2CCOC2)C2CC2)c2ccccc21. The number of imidazole rings is 1. The van der Waals surface area contributed by atoms with E-state index >= 15 is 0 Å². The summed E-state index contributed by atoms with van der Waals surface area (Å²) in [6, 6.07) is 7.97. The van der Waals surface area contributed by atoms with Crippen molar-refractivity contribution < 1.29 is 9.53 Å². The van der Waals surface area contributed by atoms with E-state index in [0.29, 0.717) is 12.0 Å². The molecule has 1 saturated carbocycles. The van der Waals surface area contributed by atoms with Gasteiger partial charge in [-0.2, -0.15) is 0 Å². The van der Waals surface area contributed by atoms with Crippen molar-refractivity contribution in [1.29, 1.82) is 0 Å². The monoisotopic (exact) mass is 329 g/mol. The summed E-state index contributed by atoms with van der Waals surface area (Å²) in [5, 5.41) is 0. The Morgan fingerprint density at radius 2 is 2.00 bits per heavy atom. The molecule has 1 aromatic carbocycles. The zero-order valence-corrected chi connectivity index (χ0v) is 14.0. The average molecular weight is 329 g/mol. The Kier molecular flexibility index (Phi) is 3.92. The Morgan fingerprint density at radius 3 is 2.67 bits per heavy atom. The molecule has 0 radical (unpaired) electrons. The number of carbonyl (C=O) groups is 1. The molecule has 0 unspecified atom stereocenters. The molecule has 1 amide bonds. The maximum atomic E-state index is 12.9. The number of benzene rings is 1. The number of amides is 1. The quantitative estimate of drug-likeness (QED) is 0.832. The van der Waals surface area contributed by atoms with Gasteiger partial charge in [0.1, 0.15) is 6.54 Å². The molecule has 1 aliphatic carbocycles. The zero-order chi connectivity index (χ0) is 16.7. The number of para-hydroxylation sites is 2. The Balaban J connectivity index is 1.58. The highest BCUT2D eigenvalue weighted by Crippen LogP contribution is 2.29. The topological polar surface area (TPSA) is 56.5 Å². The Hall–Kier alpha value is -2.08. The van der Waals surface area contributed by atoms with E-state index in [9.17, 15) is 9.59 Å². The predicted octanol–water partition coefficient (Wildman–Crippen LogP) is 1.37. The van der Waals surface area contributed by atoms with Crippen molar-refractivity contribution in [2.45, 2.75) is 31.8 Å². The molecule has 2 heterocycles. The van der Waals surface area contributed by atoms with Gasteiger partial charge in [0.15, 0.2) is 0 Å². The summed E-state index contributed by atoms with van der Waals surface area (Å²) in [4.78, 5) is 27.4. The maximum absolute atomic E-state index is 12.9. The summed E-state index contributed by atoms with van der Waals surface area (Å²) < 4.78 is 8.64. The summed E-state index contributed by atoms with van der Waals surface area (Å²) in [6.45, 7) is 2.40. The van der Waals surface area contributed by atoms with Crippen molar-refractivity contribution in [2.75, 3.05) is 19.8 Å². The van der Waals surface area contributed by atoms with E-state index in [4.69, 9.17) is 4.74 Å². The summed E-state index contributed by atoms with van der Waals surface area (Å²) in [5.41, 5.74) is 1.54. The highest BCUT2D eigenvalue weighted by molar-refractivity contribution is 5.81. The minimum absolute atomic E-state index is 0.0443. The van der Waals surface area contributed by atoms with E-state index in [2.05, 4.69) is 0 Å². The lowest BCUT2D eigenvalue weighted by atomic mass is 10.1. The fourth-order valence-corrected chi connectivity index (χ4v) is 3.59. The number of hydrogen-bond donors (Lipinski definition) is 0. The van der Waals surface area contributed by atoms with Gasteiger partial charge in [-0.05, 0) is 31.4 Å². The van der Waals surface area contributed by atoms with Crippen molar-refractivity contribution in [3.05, 3.63) is 34.7 Å². The van der Waals surface area contributed by atoms with E-state index in [1.807, 2.05) is 29.2 Å². The lowest BCUT2D eigenvalue weighted by Crippen LogP contribution is -2.41. The maximum Gasteiger partial charge on any atom is 0.329 e. The molecular formula is C18H23N3O3. The number of hydrogen-bond acceptors (Lipinski definition) is 3. The lowest BCUT2D eigenvalue weighted by Gasteiger charge is -2.25. The molecule has 0 spiro atoms.